The number of carbonyl (C=O) groups excluding carboxylic acids is 1. The van der Waals surface area contributed by atoms with Gasteiger partial charge in [0, 0.05) is 6.54 Å². The fourth-order valence-corrected chi connectivity index (χ4v) is 1.99. The highest BCUT2D eigenvalue weighted by Crippen LogP contribution is 2.30. The number of hydrogen-bond acceptors (Lipinski definition) is 5. The van der Waals surface area contributed by atoms with Crippen molar-refractivity contribution in [2.45, 2.75) is 13.5 Å². The Morgan fingerprint density at radius 3 is 2.54 bits per heavy atom. The number of amides is 1. The zero-order valence-corrected chi connectivity index (χ0v) is 13.4. The molecule has 0 radical (unpaired) electrons. The largest absolute Gasteiger partial charge is 0.496 e. The molecule has 0 aliphatic rings. The number of carbonyl (C=O) groups is 1. The topological polar surface area (TPSA) is 90.7 Å². The second-order valence-electron chi connectivity index (χ2n) is 5.14. The first-order chi connectivity index (χ1) is 11.5. The maximum atomic E-state index is 11.8. The zero-order valence-electron chi connectivity index (χ0n) is 13.4. The molecular weight excluding hydrogens is 312 g/mol. The van der Waals surface area contributed by atoms with E-state index in [9.17, 15) is 14.9 Å². The minimum atomic E-state index is -0.581. The van der Waals surface area contributed by atoms with E-state index in [4.69, 9.17) is 9.47 Å². The van der Waals surface area contributed by atoms with E-state index in [0.717, 1.165) is 11.1 Å². The van der Waals surface area contributed by atoms with Gasteiger partial charge in [0.05, 0.1) is 18.1 Å². The Morgan fingerprint density at radius 2 is 1.92 bits per heavy atom. The number of rotatable bonds is 7. The van der Waals surface area contributed by atoms with Crippen molar-refractivity contribution in [3.63, 3.8) is 0 Å². The van der Waals surface area contributed by atoms with Crippen LogP contribution in [0.3, 0.4) is 0 Å². The number of methoxy groups -OCH3 is 1. The Hall–Kier alpha value is -3.09. The molecule has 0 unspecified atom stereocenters. The summed E-state index contributed by atoms with van der Waals surface area (Å²) < 4.78 is 10.2. The van der Waals surface area contributed by atoms with E-state index in [1.165, 1.54) is 25.3 Å². The molecule has 0 aliphatic carbocycles. The van der Waals surface area contributed by atoms with Crippen molar-refractivity contribution in [2.75, 3.05) is 13.7 Å². The lowest BCUT2D eigenvalue weighted by atomic mass is 10.1. The smallest absolute Gasteiger partial charge is 0.314 e. The Bertz CT molecular complexity index is 728. The third kappa shape index (κ3) is 4.70. The fourth-order valence-electron chi connectivity index (χ4n) is 1.99. The summed E-state index contributed by atoms with van der Waals surface area (Å²) in [5.74, 6) is 0.00449. The first-order valence-electron chi connectivity index (χ1n) is 7.27. The summed E-state index contributed by atoms with van der Waals surface area (Å²) in [7, 11) is 1.41. The molecule has 2 rings (SSSR count). The number of ether oxygens (including phenoxy) is 2. The quantitative estimate of drug-likeness (QED) is 0.622. The Morgan fingerprint density at radius 1 is 1.21 bits per heavy atom. The average Bonchev–Trinajstić information content (AvgIpc) is 2.59. The van der Waals surface area contributed by atoms with Gasteiger partial charge in [-0.2, -0.15) is 0 Å². The summed E-state index contributed by atoms with van der Waals surface area (Å²) in [5, 5.41) is 13.7. The molecular formula is C17H18N2O5. The van der Waals surface area contributed by atoms with Crippen LogP contribution in [-0.4, -0.2) is 24.5 Å². The van der Waals surface area contributed by atoms with Crippen molar-refractivity contribution in [3.05, 3.63) is 63.7 Å². The second-order valence-corrected chi connectivity index (χ2v) is 5.14. The Labute approximate surface area is 139 Å². The van der Waals surface area contributed by atoms with Crippen LogP contribution in [0, 0.1) is 17.0 Å². The summed E-state index contributed by atoms with van der Waals surface area (Å²) in [6, 6.07) is 11.9. The van der Waals surface area contributed by atoms with Gasteiger partial charge in [0.1, 0.15) is 5.75 Å². The molecule has 0 aliphatic heterocycles. The molecule has 24 heavy (non-hydrogen) atoms. The first kappa shape index (κ1) is 17.3. The van der Waals surface area contributed by atoms with Gasteiger partial charge in [0.15, 0.2) is 12.4 Å². The lowest BCUT2D eigenvalue weighted by Gasteiger charge is -2.09. The predicted octanol–water partition coefficient (Wildman–Crippen LogP) is 2.61. The van der Waals surface area contributed by atoms with Crippen molar-refractivity contribution in [2.24, 2.45) is 0 Å². The van der Waals surface area contributed by atoms with Crippen molar-refractivity contribution in [3.8, 4) is 11.5 Å². The van der Waals surface area contributed by atoms with Gasteiger partial charge in [0.2, 0.25) is 0 Å². The molecule has 126 valence electrons. The molecule has 1 N–H and O–H groups in total. The highest BCUT2D eigenvalue weighted by Gasteiger charge is 2.17. The van der Waals surface area contributed by atoms with E-state index in [0.29, 0.717) is 12.3 Å². The van der Waals surface area contributed by atoms with Gasteiger partial charge in [-0.15, -0.1) is 0 Å². The summed E-state index contributed by atoms with van der Waals surface area (Å²) in [6.07, 6.45) is 0. The van der Waals surface area contributed by atoms with E-state index in [1.807, 2.05) is 31.2 Å². The predicted molar refractivity (Wildman–Crippen MR) is 88.2 cm³/mol. The van der Waals surface area contributed by atoms with E-state index in [2.05, 4.69) is 5.32 Å². The molecule has 0 spiro atoms. The molecule has 0 bridgehead atoms. The second kappa shape index (κ2) is 7.96. The Kier molecular flexibility index (Phi) is 5.73. The van der Waals surface area contributed by atoms with Crippen LogP contribution >= 0.6 is 0 Å². The van der Waals surface area contributed by atoms with E-state index >= 15 is 0 Å². The maximum Gasteiger partial charge on any atom is 0.314 e. The third-order valence-corrected chi connectivity index (χ3v) is 3.33. The van der Waals surface area contributed by atoms with E-state index in [1.54, 1.807) is 0 Å². The molecule has 0 saturated carbocycles. The third-order valence-electron chi connectivity index (χ3n) is 3.33. The zero-order chi connectivity index (χ0) is 17.5. The van der Waals surface area contributed by atoms with Crippen LogP contribution in [0.2, 0.25) is 0 Å². The van der Waals surface area contributed by atoms with Gasteiger partial charge in [-0.25, -0.2) is 0 Å². The molecule has 0 heterocycles. The average molecular weight is 330 g/mol. The molecule has 0 fully saturated rings. The van der Waals surface area contributed by atoms with Crippen molar-refractivity contribution >= 4 is 11.6 Å². The minimum Gasteiger partial charge on any atom is -0.496 e. The van der Waals surface area contributed by atoms with Gasteiger partial charge in [-0.3, -0.25) is 14.9 Å². The maximum absolute atomic E-state index is 11.8. The number of benzene rings is 2. The van der Waals surface area contributed by atoms with Crippen LogP contribution in [0.1, 0.15) is 11.1 Å². The normalized spacial score (nSPS) is 10.1. The van der Waals surface area contributed by atoms with Gasteiger partial charge in [0.25, 0.3) is 5.91 Å². The number of nitrogens with one attached hydrogen (secondary N) is 1. The van der Waals surface area contributed by atoms with Gasteiger partial charge in [-0.05, 0) is 24.6 Å². The van der Waals surface area contributed by atoms with Crippen LogP contribution in [0.5, 0.6) is 11.5 Å². The van der Waals surface area contributed by atoms with Crippen LogP contribution in [0.15, 0.2) is 42.5 Å². The van der Waals surface area contributed by atoms with Crippen LogP contribution in [-0.2, 0) is 11.3 Å². The molecule has 7 heteroatoms. The number of hydrogen-bond donors (Lipinski definition) is 1. The highest BCUT2D eigenvalue weighted by molar-refractivity contribution is 5.77. The monoisotopic (exact) mass is 330 g/mol. The first-order valence-corrected chi connectivity index (χ1v) is 7.27. The molecule has 2 aromatic rings. The van der Waals surface area contributed by atoms with Gasteiger partial charge in [-0.1, -0.05) is 29.8 Å². The lowest BCUT2D eigenvalue weighted by Crippen LogP contribution is -2.28. The Balaban J connectivity index is 1.91. The van der Waals surface area contributed by atoms with Crippen molar-refractivity contribution < 1.29 is 19.2 Å². The van der Waals surface area contributed by atoms with E-state index < -0.39 is 4.92 Å². The summed E-state index contributed by atoms with van der Waals surface area (Å²) >= 11 is 0. The summed E-state index contributed by atoms with van der Waals surface area (Å²) in [5.41, 5.74) is 1.85. The number of nitrogens with zero attached hydrogens (tertiary/aromatic N) is 1. The molecule has 1 amide bonds. The summed E-state index contributed by atoms with van der Waals surface area (Å²) in [6.45, 7) is 2.05. The number of nitro benzene ring substituents is 1. The minimum absolute atomic E-state index is 0.0197. The van der Waals surface area contributed by atoms with Crippen molar-refractivity contribution in [1.82, 2.24) is 5.32 Å². The molecule has 0 saturated heterocycles. The number of aryl methyl sites for hydroxylation is 1. The fraction of sp³-hybridized carbons (Fsp3) is 0.235. The SMILES string of the molecule is COc1ccc(OCC(=O)NCc2ccc(C)cc2)c([N+](=O)[O-])c1. The molecule has 7 nitrogen and oxygen atoms in total. The van der Waals surface area contributed by atoms with E-state index in [-0.39, 0.29) is 24.0 Å². The molecule has 0 aromatic heterocycles. The summed E-state index contributed by atoms with van der Waals surface area (Å²) in [4.78, 5) is 22.3. The highest BCUT2D eigenvalue weighted by atomic mass is 16.6. The number of nitro groups is 1. The van der Waals surface area contributed by atoms with Crippen LogP contribution in [0.4, 0.5) is 5.69 Å². The van der Waals surface area contributed by atoms with Crippen molar-refractivity contribution in [1.29, 1.82) is 0 Å². The standard InChI is InChI=1S/C17H18N2O5/c1-12-3-5-13(6-4-12)10-18-17(20)11-24-16-8-7-14(23-2)9-15(16)19(21)22/h3-9H,10-11H2,1-2H3,(H,18,20). The lowest BCUT2D eigenvalue weighted by molar-refractivity contribution is -0.385. The van der Waals surface area contributed by atoms with Gasteiger partial charge < -0.3 is 14.8 Å². The molecule has 2 aromatic carbocycles. The van der Waals surface area contributed by atoms with Gasteiger partial charge >= 0.3 is 5.69 Å². The van der Waals surface area contributed by atoms with Crippen LogP contribution < -0.4 is 14.8 Å². The van der Waals surface area contributed by atoms with Crippen LogP contribution in [0.25, 0.3) is 0 Å². The molecule has 0 atom stereocenters.